The second kappa shape index (κ2) is 3.29. The monoisotopic (exact) mass is 180 g/mol. The molecule has 2 aliphatic rings. The van der Waals surface area contributed by atoms with E-state index in [0.717, 1.165) is 23.2 Å². The van der Waals surface area contributed by atoms with E-state index < -0.39 is 0 Å². The van der Waals surface area contributed by atoms with Crippen LogP contribution in [0.15, 0.2) is 0 Å². The van der Waals surface area contributed by atoms with Crippen molar-refractivity contribution in [3.63, 3.8) is 0 Å². The summed E-state index contributed by atoms with van der Waals surface area (Å²) in [5, 5.41) is 0. The molecule has 0 bridgehead atoms. The zero-order valence-corrected chi connectivity index (χ0v) is 9.47. The van der Waals surface area contributed by atoms with Gasteiger partial charge in [-0.3, -0.25) is 0 Å². The van der Waals surface area contributed by atoms with Gasteiger partial charge in [0.15, 0.2) is 0 Å². The first-order chi connectivity index (χ1) is 6.22. The lowest BCUT2D eigenvalue weighted by molar-refractivity contribution is 0.382. The van der Waals surface area contributed by atoms with Crippen molar-refractivity contribution in [1.29, 1.82) is 0 Å². The van der Waals surface area contributed by atoms with Gasteiger partial charge in [0.05, 0.1) is 0 Å². The number of rotatable bonds is 5. The molecule has 0 aromatic carbocycles. The first-order valence-electron chi connectivity index (χ1n) is 6.22. The Kier molecular flexibility index (Phi) is 2.42. The van der Waals surface area contributed by atoms with Crippen LogP contribution in [0.5, 0.6) is 0 Å². The molecule has 0 saturated heterocycles. The van der Waals surface area contributed by atoms with Crippen molar-refractivity contribution in [3.8, 4) is 0 Å². The highest BCUT2D eigenvalue weighted by Gasteiger charge is 2.49. The molecule has 0 aliphatic heterocycles. The summed E-state index contributed by atoms with van der Waals surface area (Å²) in [7, 11) is 0. The van der Waals surface area contributed by atoms with Crippen LogP contribution in [0.2, 0.25) is 0 Å². The van der Waals surface area contributed by atoms with E-state index in [4.69, 9.17) is 0 Å². The Morgan fingerprint density at radius 2 is 1.92 bits per heavy atom. The fraction of sp³-hybridized carbons (Fsp3) is 1.00. The molecule has 0 spiro atoms. The quantitative estimate of drug-likeness (QED) is 0.593. The van der Waals surface area contributed by atoms with Crippen LogP contribution >= 0.6 is 0 Å². The molecule has 0 heteroatoms. The highest BCUT2D eigenvalue weighted by Crippen LogP contribution is 2.60. The van der Waals surface area contributed by atoms with Crippen LogP contribution in [0.3, 0.4) is 0 Å². The Labute approximate surface area is 83.1 Å². The van der Waals surface area contributed by atoms with Gasteiger partial charge >= 0.3 is 0 Å². The topological polar surface area (TPSA) is 0 Å². The number of hydrogen-bond acceptors (Lipinski definition) is 0. The second-order valence-corrected chi connectivity index (χ2v) is 5.52. The lowest BCUT2D eigenvalue weighted by Gasteiger charge is -2.13. The van der Waals surface area contributed by atoms with Gasteiger partial charge in [0.1, 0.15) is 0 Å². The summed E-state index contributed by atoms with van der Waals surface area (Å²) in [6, 6.07) is 0. The molecule has 2 saturated carbocycles. The summed E-state index contributed by atoms with van der Waals surface area (Å²) >= 11 is 0. The fourth-order valence-corrected chi connectivity index (χ4v) is 3.21. The first-order valence-corrected chi connectivity index (χ1v) is 6.22. The third-order valence-corrected chi connectivity index (χ3v) is 4.91. The van der Waals surface area contributed by atoms with E-state index in [0.29, 0.717) is 0 Å². The van der Waals surface area contributed by atoms with Crippen molar-refractivity contribution < 1.29 is 0 Å². The minimum absolute atomic E-state index is 0.806. The summed E-state index contributed by atoms with van der Waals surface area (Å²) in [4.78, 5) is 0. The van der Waals surface area contributed by atoms with E-state index in [1.54, 1.807) is 6.42 Å². The predicted octanol–water partition coefficient (Wildman–Crippen LogP) is 4.25. The van der Waals surface area contributed by atoms with E-state index in [1.807, 2.05) is 0 Å². The molecule has 13 heavy (non-hydrogen) atoms. The molecule has 76 valence electrons. The maximum atomic E-state index is 2.44. The smallest absolute Gasteiger partial charge is 0.0271 e. The largest absolute Gasteiger partial charge is 0.0651 e. The van der Waals surface area contributed by atoms with E-state index >= 15 is 0 Å². The van der Waals surface area contributed by atoms with Crippen molar-refractivity contribution in [2.24, 2.45) is 23.2 Å². The third-order valence-electron chi connectivity index (χ3n) is 4.91. The van der Waals surface area contributed by atoms with E-state index in [1.165, 1.54) is 32.1 Å². The molecule has 0 nitrogen and oxygen atoms in total. The van der Waals surface area contributed by atoms with Crippen LogP contribution in [0.4, 0.5) is 0 Å². The van der Waals surface area contributed by atoms with Gasteiger partial charge in [-0.15, -0.1) is 0 Å². The summed E-state index contributed by atoms with van der Waals surface area (Å²) in [6.45, 7) is 7.17. The van der Waals surface area contributed by atoms with Gasteiger partial charge in [-0.2, -0.15) is 0 Å². The lowest BCUT2D eigenvalue weighted by Crippen LogP contribution is -2.02. The zero-order valence-electron chi connectivity index (χ0n) is 9.47. The second-order valence-electron chi connectivity index (χ2n) is 5.52. The molecule has 2 aliphatic carbocycles. The molecule has 0 aromatic heterocycles. The van der Waals surface area contributed by atoms with Gasteiger partial charge < -0.3 is 0 Å². The van der Waals surface area contributed by atoms with Crippen molar-refractivity contribution in [2.45, 2.75) is 59.3 Å². The molecule has 2 fully saturated rings. The molecule has 0 heterocycles. The standard InChI is InChI=1S/C13H24/c1-4-11-8-12(11)6-7-13(5-2)9-10(13)3/h10-12H,4-9H2,1-3H3. The van der Waals surface area contributed by atoms with E-state index in [2.05, 4.69) is 20.8 Å². The fourth-order valence-electron chi connectivity index (χ4n) is 3.21. The Hall–Kier alpha value is 0. The Balaban J connectivity index is 1.69. The molecular weight excluding hydrogens is 156 g/mol. The van der Waals surface area contributed by atoms with Gasteiger partial charge in [0.2, 0.25) is 0 Å². The minimum Gasteiger partial charge on any atom is -0.0651 e. The van der Waals surface area contributed by atoms with Crippen LogP contribution < -0.4 is 0 Å². The SMILES string of the molecule is CCC1CC1CCC1(CC)CC1C. The third kappa shape index (κ3) is 1.78. The van der Waals surface area contributed by atoms with Crippen LogP contribution in [-0.4, -0.2) is 0 Å². The molecular formula is C13H24. The van der Waals surface area contributed by atoms with Crippen molar-refractivity contribution in [1.82, 2.24) is 0 Å². The Bertz CT molecular complexity index is 180. The maximum Gasteiger partial charge on any atom is -0.0271 e. The van der Waals surface area contributed by atoms with Gasteiger partial charge in [-0.05, 0) is 48.9 Å². The van der Waals surface area contributed by atoms with E-state index in [-0.39, 0.29) is 0 Å². The molecule has 0 N–H and O–H groups in total. The van der Waals surface area contributed by atoms with Crippen LogP contribution in [0.25, 0.3) is 0 Å². The Morgan fingerprint density at radius 1 is 1.23 bits per heavy atom. The van der Waals surface area contributed by atoms with Crippen LogP contribution in [0.1, 0.15) is 59.3 Å². The van der Waals surface area contributed by atoms with Crippen molar-refractivity contribution >= 4 is 0 Å². The average molecular weight is 180 g/mol. The molecule has 2 rings (SSSR count). The summed E-state index contributed by atoms with van der Waals surface area (Å²) in [5.41, 5.74) is 0.806. The van der Waals surface area contributed by atoms with Crippen LogP contribution in [-0.2, 0) is 0 Å². The molecule has 0 amide bonds. The summed E-state index contributed by atoms with van der Waals surface area (Å²) < 4.78 is 0. The highest BCUT2D eigenvalue weighted by atomic mass is 14.5. The van der Waals surface area contributed by atoms with Gasteiger partial charge in [-0.25, -0.2) is 0 Å². The molecule has 4 atom stereocenters. The maximum absolute atomic E-state index is 2.44. The van der Waals surface area contributed by atoms with Crippen LogP contribution in [0, 0.1) is 23.2 Å². The van der Waals surface area contributed by atoms with Gasteiger partial charge in [-0.1, -0.05) is 33.6 Å². The highest BCUT2D eigenvalue weighted by molar-refractivity contribution is 5.00. The molecule has 0 aromatic rings. The zero-order chi connectivity index (χ0) is 9.47. The average Bonchev–Trinajstić information content (AvgIpc) is 2.99. The summed E-state index contributed by atoms with van der Waals surface area (Å²) in [5.74, 6) is 3.28. The first kappa shape index (κ1) is 9.55. The van der Waals surface area contributed by atoms with Gasteiger partial charge in [0, 0.05) is 0 Å². The Morgan fingerprint density at radius 3 is 2.31 bits per heavy atom. The van der Waals surface area contributed by atoms with E-state index in [9.17, 15) is 0 Å². The predicted molar refractivity (Wildman–Crippen MR) is 57.6 cm³/mol. The molecule has 4 unspecified atom stereocenters. The molecule has 0 radical (unpaired) electrons. The van der Waals surface area contributed by atoms with Gasteiger partial charge in [0.25, 0.3) is 0 Å². The summed E-state index contributed by atoms with van der Waals surface area (Å²) in [6.07, 6.45) is 9.00. The minimum atomic E-state index is 0.806. The lowest BCUT2D eigenvalue weighted by atomic mass is 9.92. The van der Waals surface area contributed by atoms with Crippen molar-refractivity contribution in [2.75, 3.05) is 0 Å². The normalized spacial score (nSPS) is 47.8. The van der Waals surface area contributed by atoms with Crippen molar-refractivity contribution in [3.05, 3.63) is 0 Å². The number of hydrogen-bond donors (Lipinski definition) is 0.